The molecule has 1 aromatic heterocycles. The van der Waals surface area contributed by atoms with Gasteiger partial charge in [-0.25, -0.2) is 0 Å². The first-order valence-corrected chi connectivity index (χ1v) is 9.56. The molecule has 0 fully saturated rings. The molecule has 0 saturated heterocycles. The second-order valence-corrected chi connectivity index (χ2v) is 7.36. The van der Waals surface area contributed by atoms with E-state index in [1.54, 1.807) is 7.11 Å². The summed E-state index contributed by atoms with van der Waals surface area (Å²) in [7, 11) is 1.71. The van der Waals surface area contributed by atoms with E-state index in [4.69, 9.17) is 10.5 Å². The van der Waals surface area contributed by atoms with Crippen LogP contribution in [0.25, 0.3) is 10.9 Å². The van der Waals surface area contributed by atoms with Gasteiger partial charge in [0.1, 0.15) is 0 Å². The number of ether oxygens (including phenoxy) is 1. The van der Waals surface area contributed by atoms with Crippen molar-refractivity contribution in [2.24, 2.45) is 5.73 Å². The number of anilines is 1. The molecule has 1 heterocycles. The summed E-state index contributed by atoms with van der Waals surface area (Å²) in [5.41, 5.74) is 14.2. The van der Waals surface area contributed by atoms with Crippen LogP contribution in [0.15, 0.2) is 30.3 Å². The molecule has 28 heavy (non-hydrogen) atoms. The van der Waals surface area contributed by atoms with Crippen LogP contribution in [-0.2, 0) is 17.8 Å². The molecule has 2 aromatic carbocycles. The molecule has 5 nitrogen and oxygen atoms in total. The average molecular weight is 380 g/mol. The van der Waals surface area contributed by atoms with E-state index in [0.29, 0.717) is 18.7 Å². The molecular weight excluding hydrogens is 350 g/mol. The zero-order chi connectivity index (χ0) is 20.4. The monoisotopic (exact) mass is 379 g/mol. The van der Waals surface area contributed by atoms with E-state index in [9.17, 15) is 4.79 Å². The molecule has 0 aliphatic heterocycles. The first-order valence-electron chi connectivity index (χ1n) is 9.56. The Balaban J connectivity index is 2.13. The van der Waals surface area contributed by atoms with Crippen molar-refractivity contribution in [1.82, 2.24) is 4.57 Å². The molecule has 0 saturated carbocycles. The highest BCUT2D eigenvalue weighted by molar-refractivity contribution is 6.03. The van der Waals surface area contributed by atoms with Crippen molar-refractivity contribution >= 4 is 22.5 Å². The van der Waals surface area contributed by atoms with Gasteiger partial charge in [0.05, 0.1) is 17.8 Å². The Hall–Kier alpha value is -2.79. The summed E-state index contributed by atoms with van der Waals surface area (Å²) in [5.74, 6) is -0.418. The van der Waals surface area contributed by atoms with Crippen molar-refractivity contribution in [2.45, 2.75) is 40.8 Å². The Morgan fingerprint density at radius 3 is 2.43 bits per heavy atom. The maximum Gasteiger partial charge on any atom is 0.248 e. The van der Waals surface area contributed by atoms with Crippen molar-refractivity contribution in [1.29, 1.82) is 0 Å². The zero-order valence-corrected chi connectivity index (χ0v) is 17.3. The van der Waals surface area contributed by atoms with Crippen LogP contribution < -0.4 is 11.1 Å². The van der Waals surface area contributed by atoms with Crippen molar-refractivity contribution in [2.75, 3.05) is 19.0 Å². The number of nitrogens with one attached hydrogen (secondary N) is 1. The molecule has 1 amide bonds. The van der Waals surface area contributed by atoms with E-state index >= 15 is 0 Å². The second kappa shape index (κ2) is 8.07. The van der Waals surface area contributed by atoms with Gasteiger partial charge >= 0.3 is 0 Å². The Kier molecular flexibility index (Phi) is 5.75. The Morgan fingerprint density at radius 2 is 1.82 bits per heavy atom. The summed E-state index contributed by atoms with van der Waals surface area (Å²) >= 11 is 0. The third kappa shape index (κ3) is 3.62. The highest BCUT2D eigenvalue weighted by atomic mass is 16.5. The van der Waals surface area contributed by atoms with Gasteiger partial charge in [-0.15, -0.1) is 0 Å². The van der Waals surface area contributed by atoms with Gasteiger partial charge in [-0.05, 0) is 62.1 Å². The number of carbonyl (C=O) groups excluding carboxylic acids is 1. The molecule has 0 aliphatic rings. The third-order valence-corrected chi connectivity index (χ3v) is 5.64. The number of carbonyl (C=O) groups is 1. The van der Waals surface area contributed by atoms with Crippen molar-refractivity contribution < 1.29 is 9.53 Å². The predicted octanol–water partition coefficient (Wildman–Crippen LogP) is 4.23. The molecule has 0 spiro atoms. The first-order chi connectivity index (χ1) is 13.3. The highest BCUT2D eigenvalue weighted by Gasteiger charge is 2.17. The lowest BCUT2D eigenvalue weighted by atomic mass is 10.0. The summed E-state index contributed by atoms with van der Waals surface area (Å²) < 4.78 is 7.56. The van der Waals surface area contributed by atoms with Crippen molar-refractivity contribution in [3.05, 3.63) is 63.8 Å². The summed E-state index contributed by atoms with van der Waals surface area (Å²) in [5, 5.41) is 4.62. The minimum atomic E-state index is -0.418. The topological polar surface area (TPSA) is 69.3 Å². The van der Waals surface area contributed by atoms with Crippen LogP contribution >= 0.6 is 0 Å². The summed E-state index contributed by atoms with van der Waals surface area (Å²) in [6.07, 6.45) is 0. The number of rotatable bonds is 7. The number of hydrogen-bond donors (Lipinski definition) is 2. The smallest absolute Gasteiger partial charge is 0.248 e. The summed E-state index contributed by atoms with van der Waals surface area (Å²) in [4.78, 5) is 11.9. The summed E-state index contributed by atoms with van der Waals surface area (Å²) in [6, 6.07) is 10.1. The number of aromatic nitrogens is 1. The number of hydrogen-bond acceptors (Lipinski definition) is 3. The van der Waals surface area contributed by atoms with Crippen LogP contribution in [0.5, 0.6) is 0 Å². The molecule has 0 aliphatic carbocycles. The zero-order valence-electron chi connectivity index (χ0n) is 17.3. The largest absolute Gasteiger partial charge is 0.383 e. The Labute approximate surface area is 166 Å². The van der Waals surface area contributed by atoms with E-state index in [0.717, 1.165) is 28.7 Å². The van der Waals surface area contributed by atoms with Crippen LogP contribution in [0, 0.1) is 27.7 Å². The fourth-order valence-electron chi connectivity index (χ4n) is 3.83. The Bertz CT molecular complexity index is 1010. The Morgan fingerprint density at radius 1 is 1.14 bits per heavy atom. The number of methoxy groups -OCH3 is 1. The first kappa shape index (κ1) is 20.0. The highest BCUT2D eigenvalue weighted by Crippen LogP contribution is 2.33. The van der Waals surface area contributed by atoms with Crippen LogP contribution in [0.3, 0.4) is 0 Å². The number of amides is 1. The van der Waals surface area contributed by atoms with Crippen LogP contribution in [0.4, 0.5) is 5.69 Å². The standard InChI is InChI=1S/C23H29N3O2/c1-14-7-6-8-15(2)20(14)13-25-21-12-18(23(24)27)11-19-16(3)17(4)26(22(19)21)9-10-28-5/h6-8,11-12,25H,9-10,13H2,1-5H3,(H2,24,27). The van der Waals surface area contributed by atoms with Gasteiger partial charge in [-0.3, -0.25) is 4.79 Å². The van der Waals surface area contributed by atoms with Gasteiger partial charge < -0.3 is 20.4 Å². The number of nitrogens with zero attached hydrogens (tertiary/aromatic N) is 1. The molecule has 0 unspecified atom stereocenters. The fourth-order valence-corrected chi connectivity index (χ4v) is 3.83. The van der Waals surface area contributed by atoms with Crippen LogP contribution in [0.2, 0.25) is 0 Å². The fraction of sp³-hybridized carbons (Fsp3) is 0.348. The minimum absolute atomic E-state index is 0.418. The second-order valence-electron chi connectivity index (χ2n) is 7.36. The molecule has 5 heteroatoms. The lowest BCUT2D eigenvalue weighted by Crippen LogP contribution is -2.13. The van der Waals surface area contributed by atoms with E-state index in [1.807, 2.05) is 12.1 Å². The number of aryl methyl sites for hydroxylation is 3. The molecule has 0 radical (unpaired) electrons. The number of nitrogens with two attached hydrogens (primary N) is 1. The van der Waals surface area contributed by atoms with Gasteiger partial charge in [0.15, 0.2) is 0 Å². The van der Waals surface area contributed by atoms with Gasteiger partial charge in [-0.1, -0.05) is 18.2 Å². The quantitative estimate of drug-likeness (QED) is 0.645. The normalized spacial score (nSPS) is 11.2. The lowest BCUT2D eigenvalue weighted by molar-refractivity contribution is 0.100. The number of primary amides is 1. The minimum Gasteiger partial charge on any atom is -0.383 e. The average Bonchev–Trinajstić information content (AvgIpc) is 2.90. The van der Waals surface area contributed by atoms with Gasteiger partial charge in [-0.2, -0.15) is 0 Å². The SMILES string of the molecule is COCCn1c(C)c(C)c2cc(C(N)=O)cc(NCc3c(C)cccc3C)c21. The van der Waals surface area contributed by atoms with Crippen LogP contribution in [-0.4, -0.2) is 24.2 Å². The molecule has 3 rings (SSSR count). The third-order valence-electron chi connectivity index (χ3n) is 5.64. The molecule has 3 N–H and O–H groups in total. The maximum atomic E-state index is 11.9. The molecule has 0 atom stereocenters. The van der Waals surface area contributed by atoms with E-state index in [-0.39, 0.29) is 0 Å². The van der Waals surface area contributed by atoms with E-state index < -0.39 is 5.91 Å². The van der Waals surface area contributed by atoms with Gasteiger partial charge in [0, 0.05) is 36.8 Å². The van der Waals surface area contributed by atoms with Crippen LogP contribution in [0.1, 0.15) is 38.3 Å². The number of benzene rings is 2. The molecule has 3 aromatic rings. The maximum absolute atomic E-state index is 11.9. The van der Waals surface area contributed by atoms with Crippen molar-refractivity contribution in [3.8, 4) is 0 Å². The molecular formula is C23H29N3O2. The van der Waals surface area contributed by atoms with Gasteiger partial charge in [0.25, 0.3) is 0 Å². The van der Waals surface area contributed by atoms with E-state index in [2.05, 4.69) is 55.8 Å². The molecule has 148 valence electrons. The molecule has 0 bridgehead atoms. The van der Waals surface area contributed by atoms with Crippen molar-refractivity contribution in [3.63, 3.8) is 0 Å². The summed E-state index contributed by atoms with van der Waals surface area (Å²) in [6.45, 7) is 10.5. The lowest BCUT2D eigenvalue weighted by Gasteiger charge is -2.16. The number of fused-ring (bicyclic) bond motifs is 1. The predicted molar refractivity (Wildman–Crippen MR) is 115 cm³/mol. The van der Waals surface area contributed by atoms with Gasteiger partial charge in [0.2, 0.25) is 5.91 Å². The van der Waals surface area contributed by atoms with E-state index in [1.165, 1.54) is 22.4 Å².